The molecule has 1 N–H and O–H groups in total. The van der Waals surface area contributed by atoms with Gasteiger partial charge in [-0.1, -0.05) is 0 Å². The second kappa shape index (κ2) is 3.34. The molecule has 15 heavy (non-hydrogen) atoms. The van der Waals surface area contributed by atoms with Crippen molar-refractivity contribution in [2.45, 2.75) is 6.92 Å². The first-order valence-electron chi connectivity index (χ1n) is 4.37. The van der Waals surface area contributed by atoms with Gasteiger partial charge in [-0.05, 0) is 35.0 Å². The maximum absolute atomic E-state index is 11.1. The van der Waals surface area contributed by atoms with Gasteiger partial charge in [0, 0.05) is 16.9 Å². The number of hydrogen-bond donors (Lipinski definition) is 1. The van der Waals surface area contributed by atoms with Crippen molar-refractivity contribution in [1.82, 2.24) is 9.78 Å². The summed E-state index contributed by atoms with van der Waals surface area (Å²) >= 11 is 3.24. The molecule has 1 aromatic heterocycles. The minimum atomic E-state index is -0.941. The monoisotopic (exact) mass is 268 g/mol. The van der Waals surface area contributed by atoms with Gasteiger partial charge in [-0.3, -0.25) is 4.68 Å². The maximum atomic E-state index is 11.1. The Morgan fingerprint density at radius 1 is 1.53 bits per heavy atom. The maximum Gasteiger partial charge on any atom is 0.337 e. The Kier molecular flexibility index (Phi) is 2.26. The van der Waals surface area contributed by atoms with Crippen molar-refractivity contribution in [2.75, 3.05) is 0 Å². The Morgan fingerprint density at radius 3 is 2.80 bits per heavy atom. The number of aromatic carboxylic acids is 1. The molecule has 1 heterocycles. The van der Waals surface area contributed by atoms with Crippen LogP contribution in [-0.2, 0) is 7.05 Å². The summed E-state index contributed by atoms with van der Waals surface area (Å²) in [6.07, 6.45) is 0. The summed E-state index contributed by atoms with van der Waals surface area (Å²) in [6.45, 7) is 1.81. The van der Waals surface area contributed by atoms with E-state index in [0.717, 1.165) is 11.2 Å². The fourth-order valence-corrected chi connectivity index (χ4v) is 2.24. The van der Waals surface area contributed by atoms with Crippen LogP contribution in [0.15, 0.2) is 16.6 Å². The molecule has 0 atom stereocenters. The summed E-state index contributed by atoms with van der Waals surface area (Å²) in [5.74, 6) is -0.941. The predicted octanol–water partition coefficient (Wildman–Crippen LogP) is 2.34. The zero-order valence-electron chi connectivity index (χ0n) is 8.28. The second-order valence-corrected chi connectivity index (χ2v) is 4.19. The van der Waals surface area contributed by atoms with Gasteiger partial charge in [-0.15, -0.1) is 0 Å². The van der Waals surface area contributed by atoms with Gasteiger partial charge in [0.1, 0.15) is 0 Å². The van der Waals surface area contributed by atoms with E-state index in [1.807, 2.05) is 6.07 Å². The van der Waals surface area contributed by atoms with E-state index < -0.39 is 5.97 Å². The van der Waals surface area contributed by atoms with Crippen molar-refractivity contribution in [3.05, 3.63) is 27.9 Å². The average Bonchev–Trinajstić information content (AvgIpc) is 2.41. The molecule has 0 bridgehead atoms. The first-order chi connectivity index (χ1) is 7.02. The fraction of sp³-hybridized carbons (Fsp3) is 0.200. The number of aromatic nitrogens is 2. The first-order valence-corrected chi connectivity index (χ1v) is 5.16. The number of rotatable bonds is 1. The molecule has 0 saturated carbocycles. The normalized spacial score (nSPS) is 10.9. The minimum Gasteiger partial charge on any atom is -0.478 e. The van der Waals surface area contributed by atoms with E-state index in [4.69, 9.17) is 5.11 Å². The molecule has 0 aliphatic rings. The summed E-state index contributed by atoms with van der Waals surface area (Å²) in [6, 6.07) is 3.58. The Labute approximate surface area is 94.6 Å². The molecule has 1 aromatic carbocycles. The van der Waals surface area contributed by atoms with Gasteiger partial charge in [-0.25, -0.2) is 4.79 Å². The van der Waals surface area contributed by atoms with Gasteiger partial charge in [0.2, 0.25) is 0 Å². The third kappa shape index (κ3) is 1.43. The number of nitrogens with zero attached hydrogens (tertiary/aromatic N) is 2. The van der Waals surface area contributed by atoms with Crippen LogP contribution in [0.4, 0.5) is 0 Å². The van der Waals surface area contributed by atoms with Crippen molar-refractivity contribution in [2.24, 2.45) is 7.05 Å². The minimum absolute atomic E-state index is 0.276. The Balaban J connectivity index is 2.98. The van der Waals surface area contributed by atoms with E-state index in [2.05, 4.69) is 21.0 Å². The topological polar surface area (TPSA) is 55.1 Å². The number of carboxylic acid groups (broad SMARTS) is 1. The van der Waals surface area contributed by atoms with Crippen molar-refractivity contribution >= 4 is 32.8 Å². The Hall–Kier alpha value is -1.36. The summed E-state index contributed by atoms with van der Waals surface area (Å²) in [5, 5.41) is 14.0. The molecule has 0 amide bonds. The van der Waals surface area contributed by atoms with E-state index in [9.17, 15) is 4.79 Å². The molecule has 0 aliphatic heterocycles. The van der Waals surface area contributed by atoms with E-state index in [-0.39, 0.29) is 5.56 Å². The smallest absolute Gasteiger partial charge is 0.337 e. The zero-order chi connectivity index (χ0) is 11.2. The quantitative estimate of drug-likeness (QED) is 0.864. The SMILES string of the molecule is Cc1nn(C)c2ccc(Br)c(C(=O)O)c12. The molecule has 0 saturated heterocycles. The number of carboxylic acids is 1. The second-order valence-electron chi connectivity index (χ2n) is 3.33. The van der Waals surface area contributed by atoms with Crippen molar-refractivity contribution < 1.29 is 9.90 Å². The lowest BCUT2D eigenvalue weighted by Crippen LogP contribution is -1.99. The molecule has 4 nitrogen and oxygen atoms in total. The highest BCUT2D eigenvalue weighted by Gasteiger charge is 2.17. The predicted molar refractivity (Wildman–Crippen MR) is 60.1 cm³/mol. The number of carbonyl (C=O) groups is 1. The van der Waals surface area contributed by atoms with Gasteiger partial charge in [0.05, 0.1) is 16.8 Å². The molecule has 0 unspecified atom stereocenters. The number of hydrogen-bond acceptors (Lipinski definition) is 2. The molecule has 78 valence electrons. The number of halogens is 1. The summed E-state index contributed by atoms with van der Waals surface area (Å²) < 4.78 is 2.27. The number of aryl methyl sites for hydroxylation is 2. The molecular weight excluding hydrogens is 260 g/mol. The van der Waals surface area contributed by atoms with Gasteiger partial charge in [-0.2, -0.15) is 5.10 Å². The molecule has 0 fully saturated rings. The third-order valence-corrected chi connectivity index (χ3v) is 3.02. The van der Waals surface area contributed by atoms with Gasteiger partial charge >= 0.3 is 5.97 Å². The van der Waals surface area contributed by atoms with Gasteiger partial charge in [0.25, 0.3) is 0 Å². The molecule has 2 aromatic rings. The molecular formula is C10H9BrN2O2. The molecule has 0 radical (unpaired) electrons. The lowest BCUT2D eigenvalue weighted by Gasteiger charge is -2.01. The lowest BCUT2D eigenvalue weighted by atomic mass is 10.1. The Morgan fingerprint density at radius 2 is 2.20 bits per heavy atom. The van der Waals surface area contributed by atoms with Crippen molar-refractivity contribution in [1.29, 1.82) is 0 Å². The lowest BCUT2D eigenvalue weighted by molar-refractivity contribution is 0.0698. The highest BCUT2D eigenvalue weighted by Crippen LogP contribution is 2.28. The van der Waals surface area contributed by atoms with E-state index in [0.29, 0.717) is 9.86 Å². The first kappa shape index (κ1) is 10.2. The van der Waals surface area contributed by atoms with Crippen LogP contribution in [0.5, 0.6) is 0 Å². The summed E-state index contributed by atoms with van der Waals surface area (Å²) in [5.41, 5.74) is 1.83. The Bertz CT molecular complexity index is 560. The summed E-state index contributed by atoms with van der Waals surface area (Å²) in [7, 11) is 1.80. The van der Waals surface area contributed by atoms with Gasteiger partial charge in [0.15, 0.2) is 0 Å². The van der Waals surface area contributed by atoms with Crippen LogP contribution in [-0.4, -0.2) is 20.9 Å². The highest BCUT2D eigenvalue weighted by molar-refractivity contribution is 9.10. The summed E-state index contributed by atoms with van der Waals surface area (Å²) in [4.78, 5) is 11.1. The third-order valence-electron chi connectivity index (χ3n) is 2.36. The number of fused-ring (bicyclic) bond motifs is 1. The van der Waals surface area contributed by atoms with Crippen LogP contribution in [0.25, 0.3) is 10.9 Å². The van der Waals surface area contributed by atoms with Gasteiger partial charge < -0.3 is 5.11 Å². The van der Waals surface area contributed by atoms with E-state index in [1.165, 1.54) is 0 Å². The van der Waals surface area contributed by atoms with E-state index >= 15 is 0 Å². The molecule has 0 aliphatic carbocycles. The fourth-order valence-electron chi connectivity index (χ4n) is 1.74. The van der Waals surface area contributed by atoms with Crippen LogP contribution in [0.1, 0.15) is 16.1 Å². The number of benzene rings is 1. The van der Waals surface area contributed by atoms with Crippen LogP contribution < -0.4 is 0 Å². The largest absolute Gasteiger partial charge is 0.478 e. The van der Waals surface area contributed by atoms with Crippen LogP contribution in [0.3, 0.4) is 0 Å². The van der Waals surface area contributed by atoms with Crippen LogP contribution in [0.2, 0.25) is 0 Å². The standard InChI is InChI=1S/C10H9BrN2O2/c1-5-8-7(13(2)12-5)4-3-6(11)9(8)10(14)15/h3-4H,1-2H3,(H,14,15). The highest BCUT2D eigenvalue weighted by atomic mass is 79.9. The van der Waals surface area contributed by atoms with Crippen molar-refractivity contribution in [3.8, 4) is 0 Å². The zero-order valence-corrected chi connectivity index (χ0v) is 9.87. The average molecular weight is 269 g/mol. The van der Waals surface area contributed by atoms with Crippen LogP contribution >= 0.6 is 15.9 Å². The molecule has 2 rings (SSSR count). The van der Waals surface area contributed by atoms with E-state index in [1.54, 1.807) is 24.7 Å². The van der Waals surface area contributed by atoms with Crippen LogP contribution in [0, 0.1) is 6.92 Å². The molecule has 0 spiro atoms. The molecule has 5 heteroatoms. The van der Waals surface area contributed by atoms with Crippen molar-refractivity contribution in [3.63, 3.8) is 0 Å².